The number of benzene rings is 2. The summed E-state index contributed by atoms with van der Waals surface area (Å²) in [6.45, 7) is 7.08. The van der Waals surface area contributed by atoms with Crippen LogP contribution in [0.3, 0.4) is 0 Å². The third kappa shape index (κ3) is 6.14. The van der Waals surface area contributed by atoms with E-state index in [2.05, 4.69) is 4.72 Å². The first-order valence-electron chi connectivity index (χ1n) is 8.44. The topological polar surface area (TPSA) is 89.5 Å². The van der Waals surface area contributed by atoms with Crippen LogP contribution in [0.4, 0.5) is 0 Å². The number of hydrogen-bond acceptors (Lipinski definition) is 5. The summed E-state index contributed by atoms with van der Waals surface area (Å²) in [6, 6.07) is 12.9. The van der Waals surface area contributed by atoms with Gasteiger partial charge >= 0.3 is 0 Å². The summed E-state index contributed by atoms with van der Waals surface area (Å²) < 4.78 is 57.0. The molecule has 0 heterocycles. The smallest absolute Gasteiger partial charge is 0.266 e. The molecule has 2 aromatic carbocycles. The number of hydrogen-bond donors (Lipinski definition) is 1. The molecule has 0 aliphatic rings. The molecule has 0 amide bonds. The first-order chi connectivity index (χ1) is 12.4. The summed E-state index contributed by atoms with van der Waals surface area (Å²) >= 11 is 0. The van der Waals surface area contributed by atoms with Gasteiger partial charge in [0, 0.05) is 12.0 Å². The Balaban J connectivity index is 2.00. The average molecular weight is 412 g/mol. The van der Waals surface area contributed by atoms with Gasteiger partial charge in [0.2, 0.25) is 10.0 Å². The van der Waals surface area contributed by atoms with Crippen molar-refractivity contribution in [2.24, 2.45) is 5.41 Å². The van der Waals surface area contributed by atoms with Crippen LogP contribution in [-0.4, -0.2) is 30.0 Å². The van der Waals surface area contributed by atoms with Crippen LogP contribution in [0, 0.1) is 19.3 Å². The summed E-state index contributed by atoms with van der Waals surface area (Å²) in [6.07, 6.45) is 0. The largest absolute Gasteiger partial charge is 0.296 e. The molecule has 0 atom stereocenters. The van der Waals surface area contributed by atoms with Crippen molar-refractivity contribution in [3.63, 3.8) is 0 Å². The predicted octanol–water partition coefficient (Wildman–Crippen LogP) is 3.01. The lowest BCUT2D eigenvalue weighted by atomic mass is 9.96. The van der Waals surface area contributed by atoms with Crippen LogP contribution in [0.1, 0.15) is 25.0 Å². The van der Waals surface area contributed by atoms with Gasteiger partial charge in [0.05, 0.1) is 16.4 Å². The molecule has 0 saturated carbocycles. The zero-order valence-corrected chi connectivity index (χ0v) is 17.5. The molecule has 0 aromatic heterocycles. The molecule has 8 heteroatoms. The quantitative estimate of drug-likeness (QED) is 0.675. The highest BCUT2D eigenvalue weighted by Crippen LogP contribution is 2.21. The molecule has 0 bridgehead atoms. The van der Waals surface area contributed by atoms with Gasteiger partial charge in [-0.3, -0.25) is 4.18 Å². The van der Waals surface area contributed by atoms with Gasteiger partial charge < -0.3 is 0 Å². The van der Waals surface area contributed by atoms with Gasteiger partial charge in [-0.05, 0) is 38.1 Å². The van der Waals surface area contributed by atoms with Crippen molar-refractivity contribution in [2.75, 3.05) is 13.2 Å². The monoisotopic (exact) mass is 411 g/mol. The molecule has 0 aliphatic carbocycles. The Bertz CT molecular complexity index is 896. The van der Waals surface area contributed by atoms with Crippen molar-refractivity contribution in [1.29, 1.82) is 0 Å². The molecule has 2 aromatic rings. The molecular weight excluding hydrogens is 386 g/mol. The average Bonchev–Trinajstić information content (AvgIpc) is 2.60. The number of rotatable bonds is 8. The van der Waals surface area contributed by atoms with E-state index in [0.29, 0.717) is 0 Å². The van der Waals surface area contributed by atoms with Gasteiger partial charge in [-0.1, -0.05) is 49.2 Å². The van der Waals surface area contributed by atoms with Crippen LogP contribution in [0.15, 0.2) is 58.3 Å². The fraction of sp³-hybridized carbons (Fsp3) is 0.368. The summed E-state index contributed by atoms with van der Waals surface area (Å²) in [5.74, 6) is 0. The van der Waals surface area contributed by atoms with Crippen molar-refractivity contribution < 1.29 is 21.0 Å². The SMILES string of the molecule is Cc1ccc(S(=O)(=O)NCC(C)(C)COS(=O)(=O)c2ccc(C)cc2)cc1. The Hall–Kier alpha value is -1.74. The van der Waals surface area contributed by atoms with E-state index >= 15 is 0 Å². The standard InChI is InChI=1S/C19H25NO5S2/c1-15-5-9-17(10-6-15)26(21,22)20-13-19(3,4)14-25-27(23,24)18-11-7-16(2)8-12-18/h5-12,20H,13-14H2,1-4H3. The second kappa shape index (κ2) is 8.10. The third-order valence-electron chi connectivity index (χ3n) is 3.99. The van der Waals surface area contributed by atoms with Crippen molar-refractivity contribution in [3.8, 4) is 0 Å². The van der Waals surface area contributed by atoms with Crippen LogP contribution in [0.5, 0.6) is 0 Å². The van der Waals surface area contributed by atoms with E-state index in [0.717, 1.165) is 11.1 Å². The zero-order chi connectivity index (χ0) is 20.3. The molecule has 148 valence electrons. The zero-order valence-electron chi connectivity index (χ0n) is 15.9. The van der Waals surface area contributed by atoms with Crippen molar-refractivity contribution in [3.05, 3.63) is 59.7 Å². The van der Waals surface area contributed by atoms with E-state index in [1.54, 1.807) is 38.1 Å². The lowest BCUT2D eigenvalue weighted by molar-refractivity contribution is 0.188. The van der Waals surface area contributed by atoms with Crippen LogP contribution in [0.2, 0.25) is 0 Å². The minimum absolute atomic E-state index is 0.0344. The van der Waals surface area contributed by atoms with E-state index in [4.69, 9.17) is 4.18 Å². The molecule has 27 heavy (non-hydrogen) atoms. The molecule has 6 nitrogen and oxygen atoms in total. The third-order valence-corrected chi connectivity index (χ3v) is 6.68. The van der Waals surface area contributed by atoms with E-state index in [1.807, 2.05) is 13.8 Å². The molecule has 1 N–H and O–H groups in total. The molecule has 0 aliphatic heterocycles. The lowest BCUT2D eigenvalue weighted by Gasteiger charge is -2.24. The molecule has 0 saturated heterocycles. The summed E-state index contributed by atoms with van der Waals surface area (Å²) in [5.41, 5.74) is 1.18. The molecule has 0 radical (unpaired) electrons. The lowest BCUT2D eigenvalue weighted by Crippen LogP contribution is -2.37. The molecule has 2 rings (SSSR count). The second-order valence-corrected chi connectivity index (χ2v) is 10.7. The second-order valence-electron chi connectivity index (χ2n) is 7.33. The van der Waals surface area contributed by atoms with E-state index in [9.17, 15) is 16.8 Å². The van der Waals surface area contributed by atoms with Crippen molar-refractivity contribution in [2.45, 2.75) is 37.5 Å². The van der Waals surface area contributed by atoms with Gasteiger partial charge in [0.1, 0.15) is 0 Å². The van der Waals surface area contributed by atoms with E-state index in [-0.39, 0.29) is 22.9 Å². The van der Waals surface area contributed by atoms with Crippen molar-refractivity contribution in [1.82, 2.24) is 4.72 Å². The molecule has 0 fully saturated rings. The molecule has 0 spiro atoms. The fourth-order valence-corrected chi connectivity index (χ4v) is 4.47. The van der Waals surface area contributed by atoms with Gasteiger partial charge in [0.25, 0.3) is 10.1 Å². The summed E-state index contributed by atoms with van der Waals surface area (Å²) in [7, 11) is -7.57. The Kier molecular flexibility index (Phi) is 6.47. The highest BCUT2D eigenvalue weighted by Gasteiger charge is 2.26. The van der Waals surface area contributed by atoms with Gasteiger partial charge in [-0.2, -0.15) is 8.42 Å². The van der Waals surface area contributed by atoms with E-state index < -0.39 is 25.6 Å². The number of aryl methyl sites for hydroxylation is 2. The van der Waals surface area contributed by atoms with Crippen LogP contribution in [0.25, 0.3) is 0 Å². The summed E-state index contributed by atoms with van der Waals surface area (Å²) in [5, 5.41) is 0. The van der Waals surface area contributed by atoms with E-state index in [1.165, 1.54) is 24.3 Å². The fourth-order valence-electron chi connectivity index (χ4n) is 2.15. The molecule has 0 unspecified atom stereocenters. The first-order valence-corrected chi connectivity index (χ1v) is 11.3. The Morgan fingerprint density at radius 3 is 1.74 bits per heavy atom. The maximum Gasteiger partial charge on any atom is 0.296 e. The van der Waals surface area contributed by atoms with Gasteiger partial charge in [0.15, 0.2) is 0 Å². The maximum absolute atomic E-state index is 12.4. The minimum Gasteiger partial charge on any atom is -0.266 e. The Morgan fingerprint density at radius 1 is 0.815 bits per heavy atom. The number of sulfonamides is 1. The Morgan fingerprint density at radius 2 is 1.26 bits per heavy atom. The maximum atomic E-state index is 12.4. The van der Waals surface area contributed by atoms with Crippen LogP contribution < -0.4 is 4.72 Å². The van der Waals surface area contributed by atoms with Crippen molar-refractivity contribution >= 4 is 20.1 Å². The van der Waals surface area contributed by atoms with Crippen LogP contribution >= 0.6 is 0 Å². The Labute approximate surface area is 161 Å². The molecular formula is C19H25NO5S2. The van der Waals surface area contributed by atoms with Gasteiger partial charge in [-0.25, -0.2) is 13.1 Å². The normalized spacial score (nSPS) is 12.9. The summed E-state index contributed by atoms with van der Waals surface area (Å²) in [4.78, 5) is 0.237. The predicted molar refractivity (Wildman–Crippen MR) is 104 cm³/mol. The first kappa shape index (κ1) is 21.6. The highest BCUT2D eigenvalue weighted by molar-refractivity contribution is 7.89. The number of nitrogens with one attached hydrogen (secondary N) is 1. The van der Waals surface area contributed by atoms with Gasteiger partial charge in [-0.15, -0.1) is 0 Å². The highest BCUT2D eigenvalue weighted by atomic mass is 32.2. The van der Waals surface area contributed by atoms with Crippen LogP contribution in [-0.2, 0) is 24.3 Å². The minimum atomic E-state index is -3.90.